The molecule has 2 nitrogen and oxygen atoms in total. The van der Waals surface area contributed by atoms with Gasteiger partial charge in [-0.15, -0.1) is 0 Å². The van der Waals surface area contributed by atoms with Gasteiger partial charge < -0.3 is 10.1 Å². The van der Waals surface area contributed by atoms with Crippen LogP contribution in [0.2, 0.25) is 0 Å². The van der Waals surface area contributed by atoms with Crippen molar-refractivity contribution in [3.05, 3.63) is 63.6 Å². The van der Waals surface area contributed by atoms with Crippen LogP contribution in [0.5, 0.6) is 5.75 Å². The molecule has 19 heavy (non-hydrogen) atoms. The van der Waals surface area contributed by atoms with Crippen molar-refractivity contribution < 1.29 is 4.74 Å². The van der Waals surface area contributed by atoms with Gasteiger partial charge in [-0.2, -0.15) is 0 Å². The molecule has 0 spiro atoms. The number of hydrogen-bond donors (Lipinski definition) is 1. The molecule has 0 unspecified atom stereocenters. The lowest BCUT2D eigenvalue weighted by atomic mass is 10.1. The van der Waals surface area contributed by atoms with Crippen LogP contribution in [0.25, 0.3) is 0 Å². The highest BCUT2D eigenvalue weighted by Gasteiger charge is 2.02. The van der Waals surface area contributed by atoms with Crippen molar-refractivity contribution in [1.82, 2.24) is 5.32 Å². The van der Waals surface area contributed by atoms with Crippen molar-refractivity contribution in [3.8, 4) is 5.75 Å². The van der Waals surface area contributed by atoms with E-state index in [1.165, 1.54) is 16.7 Å². The zero-order valence-corrected chi connectivity index (χ0v) is 12.8. The van der Waals surface area contributed by atoms with Gasteiger partial charge in [-0.25, -0.2) is 0 Å². The Bertz CT molecular complexity index is 554. The first kappa shape index (κ1) is 14.1. The second-order valence-electron chi connectivity index (χ2n) is 4.57. The van der Waals surface area contributed by atoms with Crippen molar-refractivity contribution in [3.63, 3.8) is 0 Å². The van der Waals surface area contributed by atoms with Crippen LogP contribution in [0.1, 0.15) is 16.7 Å². The molecule has 1 N–H and O–H groups in total. The Balaban J connectivity index is 2.03. The second kappa shape index (κ2) is 6.73. The zero-order valence-electron chi connectivity index (χ0n) is 11.2. The predicted molar refractivity (Wildman–Crippen MR) is 82.4 cm³/mol. The summed E-state index contributed by atoms with van der Waals surface area (Å²) in [4.78, 5) is 0. The van der Waals surface area contributed by atoms with E-state index >= 15 is 0 Å². The van der Waals surface area contributed by atoms with E-state index in [4.69, 9.17) is 4.74 Å². The largest absolute Gasteiger partial charge is 0.488 e. The first-order valence-electron chi connectivity index (χ1n) is 6.30. The number of aryl methyl sites for hydroxylation is 1. The number of hydrogen-bond acceptors (Lipinski definition) is 2. The van der Waals surface area contributed by atoms with Gasteiger partial charge in [0.15, 0.2) is 0 Å². The number of ether oxygens (including phenoxy) is 1. The van der Waals surface area contributed by atoms with Gasteiger partial charge in [-0.3, -0.25) is 0 Å². The average Bonchev–Trinajstić information content (AvgIpc) is 2.38. The highest BCUT2D eigenvalue weighted by molar-refractivity contribution is 9.10. The quantitative estimate of drug-likeness (QED) is 0.897. The molecule has 0 bridgehead atoms. The van der Waals surface area contributed by atoms with E-state index in [1.54, 1.807) is 0 Å². The van der Waals surface area contributed by atoms with Crippen LogP contribution in [0.15, 0.2) is 46.9 Å². The molecule has 0 radical (unpaired) electrons. The van der Waals surface area contributed by atoms with Gasteiger partial charge in [0.1, 0.15) is 12.4 Å². The van der Waals surface area contributed by atoms with Crippen LogP contribution in [0.4, 0.5) is 0 Å². The van der Waals surface area contributed by atoms with E-state index in [9.17, 15) is 0 Å². The van der Waals surface area contributed by atoms with Gasteiger partial charge in [0.25, 0.3) is 0 Å². The molecule has 0 fully saturated rings. The Morgan fingerprint density at radius 1 is 1.11 bits per heavy atom. The van der Waals surface area contributed by atoms with Crippen molar-refractivity contribution in [2.24, 2.45) is 0 Å². The standard InChI is InChI=1S/C16H18BrNO/c1-12-6-7-16(15(17)8-12)19-11-14-5-3-4-13(9-14)10-18-2/h3-9,18H,10-11H2,1-2H3. The lowest BCUT2D eigenvalue weighted by Crippen LogP contribution is -2.05. The van der Waals surface area contributed by atoms with Crippen LogP contribution in [0, 0.1) is 6.92 Å². The first-order valence-corrected chi connectivity index (χ1v) is 7.09. The summed E-state index contributed by atoms with van der Waals surface area (Å²) in [5.41, 5.74) is 3.67. The fraction of sp³-hybridized carbons (Fsp3) is 0.250. The summed E-state index contributed by atoms with van der Waals surface area (Å²) in [6.45, 7) is 3.52. The summed E-state index contributed by atoms with van der Waals surface area (Å²) in [7, 11) is 1.95. The third kappa shape index (κ3) is 4.08. The lowest BCUT2D eigenvalue weighted by molar-refractivity contribution is 0.304. The topological polar surface area (TPSA) is 21.3 Å². The fourth-order valence-electron chi connectivity index (χ4n) is 1.92. The molecule has 0 aliphatic carbocycles. The molecule has 0 aliphatic heterocycles. The molecule has 2 aromatic rings. The summed E-state index contributed by atoms with van der Waals surface area (Å²) in [6.07, 6.45) is 0. The normalized spacial score (nSPS) is 10.5. The van der Waals surface area contributed by atoms with Gasteiger partial charge in [-0.05, 0) is 58.7 Å². The second-order valence-corrected chi connectivity index (χ2v) is 5.43. The molecular formula is C16H18BrNO. The first-order chi connectivity index (χ1) is 9.19. The lowest BCUT2D eigenvalue weighted by Gasteiger charge is -2.10. The highest BCUT2D eigenvalue weighted by Crippen LogP contribution is 2.26. The minimum atomic E-state index is 0.583. The van der Waals surface area contributed by atoms with E-state index in [-0.39, 0.29) is 0 Å². The minimum absolute atomic E-state index is 0.583. The van der Waals surface area contributed by atoms with Crippen molar-refractivity contribution >= 4 is 15.9 Å². The maximum Gasteiger partial charge on any atom is 0.134 e. The number of benzene rings is 2. The summed E-state index contributed by atoms with van der Waals surface area (Å²) in [5.74, 6) is 0.879. The molecule has 0 saturated carbocycles. The smallest absolute Gasteiger partial charge is 0.134 e. The minimum Gasteiger partial charge on any atom is -0.488 e. The van der Waals surface area contributed by atoms with Gasteiger partial charge in [0.05, 0.1) is 4.47 Å². The Morgan fingerprint density at radius 3 is 2.63 bits per heavy atom. The van der Waals surface area contributed by atoms with Gasteiger partial charge in [-0.1, -0.05) is 30.3 Å². The molecule has 0 aromatic heterocycles. The third-order valence-electron chi connectivity index (χ3n) is 2.85. The molecule has 0 saturated heterocycles. The van der Waals surface area contributed by atoms with Crippen LogP contribution < -0.4 is 10.1 Å². The van der Waals surface area contributed by atoms with Crippen molar-refractivity contribution in [2.45, 2.75) is 20.1 Å². The Labute approximate surface area is 122 Å². The van der Waals surface area contributed by atoms with Crippen LogP contribution >= 0.6 is 15.9 Å². The van der Waals surface area contributed by atoms with E-state index < -0.39 is 0 Å². The molecule has 3 heteroatoms. The maximum atomic E-state index is 5.84. The molecule has 100 valence electrons. The van der Waals surface area contributed by atoms with E-state index in [2.05, 4.69) is 64.6 Å². The third-order valence-corrected chi connectivity index (χ3v) is 3.47. The summed E-state index contributed by atoms with van der Waals surface area (Å²) < 4.78 is 6.84. The predicted octanol–water partition coefficient (Wildman–Crippen LogP) is 4.06. The van der Waals surface area contributed by atoms with Crippen molar-refractivity contribution in [2.75, 3.05) is 7.05 Å². The fourth-order valence-corrected chi connectivity index (χ4v) is 2.53. The van der Waals surface area contributed by atoms with E-state index in [0.717, 1.165) is 16.8 Å². The summed E-state index contributed by atoms with van der Waals surface area (Å²) in [5, 5.41) is 3.15. The zero-order chi connectivity index (χ0) is 13.7. The molecule has 2 aromatic carbocycles. The average molecular weight is 320 g/mol. The Kier molecular flexibility index (Phi) is 5.00. The van der Waals surface area contributed by atoms with Crippen LogP contribution in [-0.2, 0) is 13.2 Å². The van der Waals surface area contributed by atoms with Crippen LogP contribution in [-0.4, -0.2) is 7.05 Å². The number of nitrogens with one attached hydrogen (secondary N) is 1. The summed E-state index contributed by atoms with van der Waals surface area (Å²) in [6, 6.07) is 14.5. The molecule has 2 rings (SSSR count). The maximum absolute atomic E-state index is 5.84. The Hall–Kier alpha value is -1.32. The number of rotatable bonds is 5. The highest BCUT2D eigenvalue weighted by atomic mass is 79.9. The van der Waals surface area contributed by atoms with Crippen LogP contribution in [0.3, 0.4) is 0 Å². The van der Waals surface area contributed by atoms with Gasteiger partial charge in [0.2, 0.25) is 0 Å². The molecule has 0 amide bonds. The number of halogens is 1. The van der Waals surface area contributed by atoms with Crippen molar-refractivity contribution in [1.29, 1.82) is 0 Å². The monoisotopic (exact) mass is 319 g/mol. The van der Waals surface area contributed by atoms with Gasteiger partial charge in [0, 0.05) is 6.54 Å². The SMILES string of the molecule is CNCc1cccc(COc2ccc(C)cc2Br)c1. The molecule has 0 aliphatic rings. The molecule has 0 atom stereocenters. The van der Waals surface area contributed by atoms with E-state index in [1.807, 2.05) is 13.1 Å². The summed E-state index contributed by atoms with van der Waals surface area (Å²) >= 11 is 3.52. The van der Waals surface area contributed by atoms with E-state index in [0.29, 0.717) is 6.61 Å². The Morgan fingerprint density at radius 2 is 1.89 bits per heavy atom. The van der Waals surface area contributed by atoms with Gasteiger partial charge >= 0.3 is 0 Å². The molecular weight excluding hydrogens is 302 g/mol. The molecule has 0 heterocycles.